The van der Waals surface area contributed by atoms with Gasteiger partial charge >= 0.3 is 0 Å². The van der Waals surface area contributed by atoms with Gasteiger partial charge in [-0.15, -0.1) is 11.3 Å². The maximum absolute atomic E-state index is 15.4. The molecule has 1 atom stereocenters. The summed E-state index contributed by atoms with van der Waals surface area (Å²) in [5, 5.41) is 2.38. The van der Waals surface area contributed by atoms with Gasteiger partial charge in [0.1, 0.15) is 4.90 Å². The van der Waals surface area contributed by atoms with E-state index in [1.165, 1.54) is 28.3 Å². The van der Waals surface area contributed by atoms with Gasteiger partial charge in [0, 0.05) is 48.1 Å². The van der Waals surface area contributed by atoms with E-state index in [1.807, 2.05) is 24.3 Å². The van der Waals surface area contributed by atoms with Crippen molar-refractivity contribution in [3.8, 4) is 0 Å². The lowest BCUT2D eigenvalue weighted by Crippen LogP contribution is -2.35. The molecule has 170 valence electrons. The Morgan fingerprint density at radius 1 is 1.31 bits per heavy atom. The number of thiazole rings is 1. The zero-order chi connectivity index (χ0) is 22.9. The molecule has 4 rings (SSSR count). The number of hydrogen-bond acceptors (Lipinski definition) is 6. The first-order valence-electron chi connectivity index (χ1n) is 9.83. The number of nitrogens with zero attached hydrogens (tertiary/aromatic N) is 3. The van der Waals surface area contributed by atoms with Gasteiger partial charge in [-0.3, -0.25) is 9.62 Å². The Morgan fingerprint density at radius 3 is 2.81 bits per heavy atom. The van der Waals surface area contributed by atoms with Gasteiger partial charge in [0.2, 0.25) is 0 Å². The van der Waals surface area contributed by atoms with Crippen molar-refractivity contribution in [3.63, 3.8) is 0 Å². The predicted molar refractivity (Wildman–Crippen MR) is 128 cm³/mol. The molecule has 32 heavy (non-hydrogen) atoms. The summed E-state index contributed by atoms with van der Waals surface area (Å²) in [6.07, 6.45) is 0.798. The number of rotatable bonds is 7. The van der Waals surface area contributed by atoms with E-state index in [-0.39, 0.29) is 22.6 Å². The molecule has 1 aromatic heterocycles. The minimum Gasteiger partial charge on any atom is -0.368 e. The van der Waals surface area contributed by atoms with Gasteiger partial charge in [0.05, 0.1) is 11.2 Å². The molecule has 1 unspecified atom stereocenters. The van der Waals surface area contributed by atoms with Crippen molar-refractivity contribution in [2.24, 2.45) is 0 Å². The molecule has 0 saturated carbocycles. The molecule has 2 aromatic carbocycles. The smallest absolute Gasteiger partial charge is 0.266 e. The first-order chi connectivity index (χ1) is 15.2. The van der Waals surface area contributed by atoms with Crippen LogP contribution in [0.4, 0.5) is 15.9 Å². The maximum atomic E-state index is 15.4. The largest absolute Gasteiger partial charge is 0.368 e. The first kappa shape index (κ1) is 23.3. The Hall–Kier alpha value is -1.91. The van der Waals surface area contributed by atoms with Crippen LogP contribution in [0.3, 0.4) is 0 Å². The number of nitrogens with one attached hydrogen (secondary N) is 1. The molecule has 1 aliphatic rings. The summed E-state index contributed by atoms with van der Waals surface area (Å²) < 4.78 is 43.2. The summed E-state index contributed by atoms with van der Waals surface area (Å²) in [6, 6.07) is 10.2. The predicted octanol–water partition coefficient (Wildman–Crippen LogP) is 5.10. The fourth-order valence-corrected chi connectivity index (χ4v) is 5.95. The van der Waals surface area contributed by atoms with Crippen LogP contribution in [0.5, 0.6) is 0 Å². The monoisotopic (exact) mass is 514 g/mol. The summed E-state index contributed by atoms with van der Waals surface area (Å²) in [6.45, 7) is 2.20. The lowest BCUT2D eigenvalue weighted by Gasteiger charge is -2.28. The fourth-order valence-electron chi connectivity index (χ4n) is 3.79. The van der Waals surface area contributed by atoms with Crippen molar-refractivity contribution in [3.05, 3.63) is 68.7 Å². The number of likely N-dealkylation sites (N-methyl/N-ethyl adjacent to an activating group) is 1. The molecule has 1 fully saturated rings. The number of halogens is 3. The minimum absolute atomic E-state index is 0.00694. The number of aromatic nitrogens is 1. The molecule has 0 amide bonds. The maximum Gasteiger partial charge on any atom is 0.266 e. The average molecular weight is 515 g/mol. The van der Waals surface area contributed by atoms with E-state index in [0.29, 0.717) is 18.1 Å². The van der Waals surface area contributed by atoms with E-state index in [1.54, 1.807) is 11.9 Å². The molecule has 1 saturated heterocycles. The van der Waals surface area contributed by atoms with E-state index < -0.39 is 20.7 Å². The Kier molecular flexibility index (Phi) is 6.92. The van der Waals surface area contributed by atoms with Crippen LogP contribution in [0.2, 0.25) is 10.0 Å². The second-order valence-electron chi connectivity index (χ2n) is 7.60. The molecule has 0 aliphatic carbocycles. The summed E-state index contributed by atoms with van der Waals surface area (Å²) in [4.78, 5) is 7.39. The van der Waals surface area contributed by atoms with Gasteiger partial charge < -0.3 is 4.90 Å². The van der Waals surface area contributed by atoms with Gasteiger partial charge in [-0.25, -0.2) is 17.8 Å². The van der Waals surface area contributed by atoms with Crippen molar-refractivity contribution < 1.29 is 12.8 Å². The lowest BCUT2D eigenvalue weighted by molar-refractivity contribution is 0.326. The fraction of sp³-hybridized carbons (Fsp3) is 0.286. The van der Waals surface area contributed by atoms with Crippen LogP contribution in [0.1, 0.15) is 12.0 Å². The molecule has 11 heteroatoms. The van der Waals surface area contributed by atoms with E-state index >= 15 is 4.39 Å². The third kappa shape index (κ3) is 5.02. The van der Waals surface area contributed by atoms with Crippen molar-refractivity contribution >= 4 is 56.1 Å². The van der Waals surface area contributed by atoms with Crippen LogP contribution in [-0.4, -0.2) is 44.5 Å². The van der Waals surface area contributed by atoms with Crippen LogP contribution in [0.15, 0.2) is 52.2 Å². The summed E-state index contributed by atoms with van der Waals surface area (Å²) in [5.41, 5.74) is 2.66. The molecule has 0 bridgehead atoms. The van der Waals surface area contributed by atoms with Crippen molar-refractivity contribution in [2.75, 3.05) is 29.8 Å². The number of anilines is 2. The number of likely N-dealkylation sites (tertiary alicyclic amines) is 1. The Morgan fingerprint density at radius 2 is 2.09 bits per heavy atom. The zero-order valence-corrected chi connectivity index (χ0v) is 20.3. The Balaban J connectivity index is 1.54. The van der Waals surface area contributed by atoms with Gasteiger partial charge in [-0.1, -0.05) is 41.4 Å². The Bertz CT molecular complexity index is 1210. The van der Waals surface area contributed by atoms with Crippen molar-refractivity contribution in [1.29, 1.82) is 0 Å². The zero-order valence-electron chi connectivity index (χ0n) is 17.1. The number of benzene rings is 2. The molecule has 6 nitrogen and oxygen atoms in total. The third-order valence-electron chi connectivity index (χ3n) is 5.47. The highest BCUT2D eigenvalue weighted by molar-refractivity contribution is 7.92. The second kappa shape index (κ2) is 9.52. The first-order valence-corrected chi connectivity index (χ1v) is 13.0. The van der Waals surface area contributed by atoms with Crippen LogP contribution >= 0.6 is 34.5 Å². The number of sulfonamides is 1. The normalized spacial score (nSPS) is 16.9. The molecule has 3 aromatic rings. The highest BCUT2D eigenvalue weighted by Gasteiger charge is 2.30. The van der Waals surface area contributed by atoms with Crippen molar-refractivity contribution in [1.82, 2.24) is 9.88 Å². The molecule has 1 N–H and O–H groups in total. The molecule has 0 spiro atoms. The lowest BCUT2D eigenvalue weighted by atomic mass is 10.2. The Labute approximate surface area is 200 Å². The van der Waals surface area contributed by atoms with E-state index in [0.717, 1.165) is 24.6 Å². The molecular weight excluding hydrogens is 494 g/mol. The molecular formula is C21H21Cl2FN4O2S2. The van der Waals surface area contributed by atoms with Gasteiger partial charge in [-0.2, -0.15) is 0 Å². The average Bonchev–Trinajstić information content (AvgIpc) is 3.42. The van der Waals surface area contributed by atoms with Crippen LogP contribution in [-0.2, 0) is 16.6 Å². The minimum atomic E-state index is -4.19. The van der Waals surface area contributed by atoms with E-state index in [2.05, 4.69) is 14.6 Å². The van der Waals surface area contributed by atoms with Gasteiger partial charge in [0.15, 0.2) is 11.6 Å². The SMILES string of the molecule is CN(c1cc(Cl)cc(S(=O)(=O)Nc2cscn2)c1F)C1CCN(Cc2ccccc2Cl)C1. The van der Waals surface area contributed by atoms with E-state index in [4.69, 9.17) is 23.2 Å². The van der Waals surface area contributed by atoms with Crippen LogP contribution in [0, 0.1) is 5.82 Å². The van der Waals surface area contributed by atoms with Gasteiger partial charge in [-0.05, 0) is 30.2 Å². The summed E-state index contributed by atoms with van der Waals surface area (Å²) in [7, 11) is -2.44. The summed E-state index contributed by atoms with van der Waals surface area (Å²) >= 11 is 13.7. The third-order valence-corrected chi connectivity index (χ3v) is 8.00. The molecule has 0 radical (unpaired) electrons. The van der Waals surface area contributed by atoms with Gasteiger partial charge in [0.25, 0.3) is 10.0 Å². The van der Waals surface area contributed by atoms with E-state index in [9.17, 15) is 8.42 Å². The highest BCUT2D eigenvalue weighted by Crippen LogP contribution is 2.33. The van der Waals surface area contributed by atoms with Crippen LogP contribution < -0.4 is 9.62 Å². The quantitative estimate of drug-likeness (QED) is 0.475. The second-order valence-corrected chi connectivity index (χ2v) is 10.8. The topological polar surface area (TPSA) is 65.5 Å². The number of hydrogen-bond donors (Lipinski definition) is 1. The molecule has 2 heterocycles. The standard InChI is InChI=1S/C21H21Cl2FN4O2S2/c1-27(16-6-7-28(11-16)10-14-4-2-3-5-17(14)23)18-8-15(22)9-19(21(18)24)32(29,30)26-20-12-31-13-25-20/h2-5,8-9,12-13,16,26H,6-7,10-11H2,1H3. The molecule has 1 aliphatic heterocycles. The highest BCUT2D eigenvalue weighted by atomic mass is 35.5. The van der Waals surface area contributed by atoms with Crippen LogP contribution in [0.25, 0.3) is 0 Å². The summed E-state index contributed by atoms with van der Waals surface area (Å²) in [5.74, 6) is -0.709. The van der Waals surface area contributed by atoms with Crippen molar-refractivity contribution in [2.45, 2.75) is 23.9 Å².